The lowest BCUT2D eigenvalue weighted by atomic mass is 10.0. The highest BCUT2D eigenvalue weighted by atomic mass is 32.2. The zero-order chi connectivity index (χ0) is 26.5. The Morgan fingerprint density at radius 2 is 1.72 bits per heavy atom. The van der Waals surface area contributed by atoms with Crippen LogP contribution in [0.5, 0.6) is 0 Å². The molecule has 0 spiro atoms. The van der Waals surface area contributed by atoms with E-state index in [1.165, 1.54) is 12.1 Å². The predicted molar refractivity (Wildman–Crippen MR) is 138 cm³/mol. The number of carbonyl (C=O) groups is 3. The third-order valence-electron chi connectivity index (χ3n) is 6.34. The van der Waals surface area contributed by atoms with Gasteiger partial charge in [0.1, 0.15) is 10.9 Å². The van der Waals surface area contributed by atoms with Crippen LogP contribution in [0.25, 0.3) is 0 Å². The van der Waals surface area contributed by atoms with Crippen molar-refractivity contribution in [2.75, 3.05) is 13.1 Å². The molecule has 1 N–H and O–H groups in total. The van der Waals surface area contributed by atoms with Gasteiger partial charge in [0.25, 0.3) is 15.9 Å². The van der Waals surface area contributed by atoms with Gasteiger partial charge in [-0.05, 0) is 48.9 Å². The van der Waals surface area contributed by atoms with Gasteiger partial charge in [-0.3, -0.25) is 14.4 Å². The second-order valence-electron chi connectivity index (χ2n) is 9.49. The Kier molecular flexibility index (Phi) is 8.89. The molecule has 1 aliphatic rings. The van der Waals surface area contributed by atoms with Crippen molar-refractivity contribution in [1.82, 2.24) is 14.5 Å². The van der Waals surface area contributed by atoms with Crippen molar-refractivity contribution >= 4 is 27.7 Å². The third-order valence-corrected chi connectivity index (χ3v) is 8.18. The number of nitrogens with one attached hydrogen (secondary N) is 1. The molecule has 9 heteroatoms. The first-order chi connectivity index (χ1) is 17.1. The molecule has 0 fully saturated rings. The van der Waals surface area contributed by atoms with Gasteiger partial charge in [-0.25, -0.2) is 12.7 Å². The zero-order valence-corrected chi connectivity index (χ0v) is 22.2. The summed E-state index contributed by atoms with van der Waals surface area (Å²) in [7, 11) is -3.92. The SMILES string of the molecule is CCC(C(=O)NCC(C)C)N(Cc1ccccc1C)C(=O)CCCN1C(=O)c2ccccc2S1(=O)=O. The van der Waals surface area contributed by atoms with Crippen molar-refractivity contribution in [1.29, 1.82) is 0 Å². The number of fused-ring (bicyclic) bond motifs is 1. The van der Waals surface area contributed by atoms with Crippen LogP contribution >= 0.6 is 0 Å². The fourth-order valence-corrected chi connectivity index (χ4v) is 5.89. The van der Waals surface area contributed by atoms with Crippen LogP contribution in [-0.4, -0.2) is 54.5 Å². The number of hydrogen-bond acceptors (Lipinski definition) is 5. The Hall–Kier alpha value is -3.20. The van der Waals surface area contributed by atoms with E-state index < -0.39 is 22.0 Å². The lowest BCUT2D eigenvalue weighted by molar-refractivity contribution is -0.141. The number of benzene rings is 2. The van der Waals surface area contributed by atoms with Gasteiger partial charge < -0.3 is 10.2 Å². The molecule has 194 valence electrons. The lowest BCUT2D eigenvalue weighted by Gasteiger charge is -2.31. The van der Waals surface area contributed by atoms with Crippen LogP contribution in [0.1, 0.15) is 61.5 Å². The molecule has 8 nitrogen and oxygen atoms in total. The second kappa shape index (κ2) is 11.7. The standard InChI is InChI=1S/C27H35N3O5S/c1-5-23(26(32)28-17-19(2)3)29(18-21-12-7-6-11-20(21)4)25(31)15-10-16-30-27(33)22-13-8-9-14-24(22)36(30,34)35/h6-9,11-14,19,23H,5,10,15-18H2,1-4H3,(H,28,32). The van der Waals surface area contributed by atoms with E-state index in [9.17, 15) is 22.8 Å². The van der Waals surface area contributed by atoms with Crippen molar-refractivity contribution in [2.24, 2.45) is 5.92 Å². The molecule has 0 saturated carbocycles. The molecule has 1 aliphatic heterocycles. The molecule has 0 aliphatic carbocycles. The van der Waals surface area contributed by atoms with Gasteiger partial charge >= 0.3 is 0 Å². The average molecular weight is 514 g/mol. The highest BCUT2D eigenvalue weighted by Gasteiger charge is 2.40. The molecule has 1 heterocycles. The summed E-state index contributed by atoms with van der Waals surface area (Å²) in [6.45, 7) is 8.51. The Labute approximate surface area is 213 Å². The van der Waals surface area contributed by atoms with Crippen LogP contribution in [0.3, 0.4) is 0 Å². The van der Waals surface area contributed by atoms with Crippen molar-refractivity contribution in [3.05, 3.63) is 65.2 Å². The van der Waals surface area contributed by atoms with Crippen LogP contribution in [0.4, 0.5) is 0 Å². The van der Waals surface area contributed by atoms with Crippen molar-refractivity contribution < 1.29 is 22.8 Å². The van der Waals surface area contributed by atoms with Gasteiger partial charge in [-0.1, -0.05) is 57.2 Å². The minimum atomic E-state index is -3.92. The van der Waals surface area contributed by atoms with Crippen molar-refractivity contribution in [2.45, 2.75) is 64.4 Å². The first kappa shape index (κ1) is 27.4. The normalized spacial score (nSPS) is 15.0. The molecule has 36 heavy (non-hydrogen) atoms. The van der Waals surface area contributed by atoms with Crippen LogP contribution in [0.15, 0.2) is 53.4 Å². The fraction of sp³-hybridized carbons (Fsp3) is 0.444. The molecule has 1 unspecified atom stereocenters. The van der Waals surface area contributed by atoms with E-state index in [0.29, 0.717) is 13.0 Å². The minimum absolute atomic E-state index is 0.00428. The predicted octanol–water partition coefficient (Wildman–Crippen LogP) is 3.50. The van der Waals surface area contributed by atoms with E-state index in [-0.39, 0.29) is 54.1 Å². The summed E-state index contributed by atoms with van der Waals surface area (Å²) in [5.41, 5.74) is 2.10. The van der Waals surface area contributed by atoms with Crippen LogP contribution < -0.4 is 5.32 Å². The molecule has 3 rings (SSSR count). The maximum Gasteiger partial charge on any atom is 0.269 e. The van der Waals surface area contributed by atoms with E-state index >= 15 is 0 Å². The van der Waals surface area contributed by atoms with Crippen LogP contribution in [0, 0.1) is 12.8 Å². The first-order valence-corrected chi connectivity index (χ1v) is 13.8. The summed E-state index contributed by atoms with van der Waals surface area (Å²) < 4.78 is 26.5. The Balaban J connectivity index is 1.75. The maximum atomic E-state index is 13.4. The number of carbonyl (C=O) groups excluding carboxylic acids is 3. The van der Waals surface area contributed by atoms with Gasteiger partial charge in [0.2, 0.25) is 11.8 Å². The summed E-state index contributed by atoms with van der Waals surface area (Å²) in [6.07, 6.45) is 0.609. The fourth-order valence-electron chi connectivity index (χ4n) is 4.28. The summed E-state index contributed by atoms with van der Waals surface area (Å²) in [6, 6.07) is 13.2. The summed E-state index contributed by atoms with van der Waals surface area (Å²) in [5.74, 6) is -0.766. The summed E-state index contributed by atoms with van der Waals surface area (Å²) in [5, 5.41) is 2.93. The Bertz CT molecular complexity index is 1230. The van der Waals surface area contributed by atoms with E-state index in [0.717, 1.165) is 15.4 Å². The molecule has 0 bridgehead atoms. The summed E-state index contributed by atoms with van der Waals surface area (Å²) in [4.78, 5) is 40.7. The van der Waals surface area contributed by atoms with E-state index in [4.69, 9.17) is 0 Å². The first-order valence-electron chi connectivity index (χ1n) is 12.4. The molecular weight excluding hydrogens is 478 g/mol. The quantitative estimate of drug-likeness (QED) is 0.495. The van der Waals surface area contributed by atoms with Crippen molar-refractivity contribution in [3.63, 3.8) is 0 Å². The number of nitrogens with zero attached hydrogens (tertiary/aromatic N) is 2. The zero-order valence-electron chi connectivity index (χ0n) is 21.4. The second-order valence-corrected chi connectivity index (χ2v) is 11.3. The lowest BCUT2D eigenvalue weighted by Crippen LogP contribution is -2.49. The van der Waals surface area contributed by atoms with E-state index in [1.54, 1.807) is 17.0 Å². The minimum Gasteiger partial charge on any atom is -0.354 e. The number of amides is 3. The molecule has 3 amide bonds. The van der Waals surface area contributed by atoms with E-state index in [2.05, 4.69) is 5.32 Å². The van der Waals surface area contributed by atoms with E-state index in [1.807, 2.05) is 52.0 Å². The smallest absolute Gasteiger partial charge is 0.269 e. The molecule has 1 atom stereocenters. The van der Waals surface area contributed by atoms with Gasteiger partial charge in [-0.2, -0.15) is 0 Å². The average Bonchev–Trinajstić information content (AvgIpc) is 3.04. The van der Waals surface area contributed by atoms with Gasteiger partial charge in [0, 0.05) is 26.1 Å². The molecule has 0 aromatic heterocycles. The Morgan fingerprint density at radius 1 is 1.06 bits per heavy atom. The largest absolute Gasteiger partial charge is 0.354 e. The number of rotatable bonds is 11. The molecule has 0 radical (unpaired) electrons. The third kappa shape index (κ3) is 5.95. The summed E-state index contributed by atoms with van der Waals surface area (Å²) >= 11 is 0. The highest BCUT2D eigenvalue weighted by molar-refractivity contribution is 7.90. The number of sulfonamides is 1. The van der Waals surface area contributed by atoms with Crippen LogP contribution in [-0.2, 0) is 26.2 Å². The van der Waals surface area contributed by atoms with Gasteiger partial charge in [-0.15, -0.1) is 0 Å². The topological polar surface area (TPSA) is 104 Å². The number of hydrogen-bond donors (Lipinski definition) is 1. The highest BCUT2D eigenvalue weighted by Crippen LogP contribution is 2.30. The van der Waals surface area contributed by atoms with Crippen molar-refractivity contribution in [3.8, 4) is 0 Å². The molecular formula is C27H35N3O5S. The van der Waals surface area contributed by atoms with Crippen LogP contribution in [0.2, 0.25) is 0 Å². The monoisotopic (exact) mass is 513 g/mol. The van der Waals surface area contributed by atoms with Gasteiger partial charge in [0.15, 0.2) is 0 Å². The molecule has 0 saturated heterocycles. The molecule has 2 aromatic carbocycles. The number of aryl methyl sites for hydroxylation is 1. The van der Waals surface area contributed by atoms with Gasteiger partial charge in [0.05, 0.1) is 5.56 Å². The Morgan fingerprint density at radius 3 is 2.36 bits per heavy atom. The maximum absolute atomic E-state index is 13.4. The molecule has 2 aromatic rings.